The highest BCUT2D eigenvalue weighted by atomic mass is 32.1. The van der Waals surface area contributed by atoms with Gasteiger partial charge in [0.05, 0.1) is 12.0 Å². The lowest BCUT2D eigenvalue weighted by molar-refractivity contribution is 0.335. The molecule has 0 radical (unpaired) electrons. The smallest absolute Gasteiger partial charge is 0.230 e. The normalized spacial score (nSPS) is 15.9. The lowest BCUT2D eigenvalue weighted by Gasteiger charge is -2.14. The molecule has 5 nitrogen and oxygen atoms in total. The number of methoxy groups -OCH3 is 1. The predicted molar refractivity (Wildman–Crippen MR) is 80.4 cm³/mol. The second-order valence-electron chi connectivity index (χ2n) is 5.05. The molecule has 0 atom stereocenters. The van der Waals surface area contributed by atoms with Crippen LogP contribution in [0.3, 0.4) is 0 Å². The lowest BCUT2D eigenvalue weighted by Crippen LogP contribution is -2.29. The van der Waals surface area contributed by atoms with Gasteiger partial charge >= 0.3 is 0 Å². The van der Waals surface area contributed by atoms with Crippen molar-refractivity contribution in [3.05, 3.63) is 4.88 Å². The van der Waals surface area contributed by atoms with Crippen LogP contribution in [0, 0.1) is 0 Å². The molecule has 0 saturated carbocycles. The van der Waals surface area contributed by atoms with Gasteiger partial charge in [-0.1, -0.05) is 11.3 Å². The summed E-state index contributed by atoms with van der Waals surface area (Å²) < 4.78 is 5.33. The van der Waals surface area contributed by atoms with Gasteiger partial charge in [0.25, 0.3) is 0 Å². The highest BCUT2D eigenvalue weighted by Gasteiger charge is 2.13. The van der Waals surface area contributed by atoms with E-state index in [0.717, 1.165) is 30.6 Å². The van der Waals surface area contributed by atoms with Crippen LogP contribution < -0.4 is 15.0 Å². The van der Waals surface area contributed by atoms with Crippen LogP contribution in [0.5, 0.6) is 5.88 Å². The lowest BCUT2D eigenvalue weighted by atomic mass is 10.4. The number of ether oxygens (including phenoxy) is 1. The van der Waals surface area contributed by atoms with Crippen LogP contribution in [-0.2, 0) is 6.54 Å². The van der Waals surface area contributed by atoms with Crippen molar-refractivity contribution >= 4 is 16.5 Å². The molecule has 108 valence electrons. The van der Waals surface area contributed by atoms with E-state index in [9.17, 15) is 0 Å². The van der Waals surface area contributed by atoms with Gasteiger partial charge in [-0.05, 0) is 25.9 Å². The van der Waals surface area contributed by atoms with Crippen molar-refractivity contribution in [3.63, 3.8) is 0 Å². The predicted octanol–water partition coefficient (Wildman–Crippen LogP) is 1.40. The summed E-state index contributed by atoms with van der Waals surface area (Å²) in [5.74, 6) is 0.752. The molecule has 1 fully saturated rings. The van der Waals surface area contributed by atoms with Crippen LogP contribution >= 0.6 is 11.3 Å². The topological polar surface area (TPSA) is 40.6 Å². The number of aromatic nitrogens is 1. The highest BCUT2D eigenvalue weighted by Crippen LogP contribution is 2.30. The zero-order chi connectivity index (χ0) is 13.7. The molecule has 0 unspecified atom stereocenters. The van der Waals surface area contributed by atoms with Crippen molar-refractivity contribution in [2.45, 2.75) is 19.4 Å². The third-order valence-corrected chi connectivity index (χ3v) is 4.52. The maximum absolute atomic E-state index is 5.33. The van der Waals surface area contributed by atoms with Crippen molar-refractivity contribution in [1.82, 2.24) is 15.2 Å². The fourth-order valence-electron chi connectivity index (χ4n) is 2.23. The van der Waals surface area contributed by atoms with E-state index in [4.69, 9.17) is 4.74 Å². The first kappa shape index (κ1) is 14.6. The second kappa shape index (κ2) is 7.07. The van der Waals surface area contributed by atoms with E-state index in [0.29, 0.717) is 0 Å². The van der Waals surface area contributed by atoms with Crippen molar-refractivity contribution < 1.29 is 4.74 Å². The zero-order valence-corrected chi connectivity index (χ0v) is 12.9. The van der Waals surface area contributed by atoms with Gasteiger partial charge < -0.3 is 19.9 Å². The number of hydrogen-bond acceptors (Lipinski definition) is 6. The quantitative estimate of drug-likeness (QED) is 0.767. The van der Waals surface area contributed by atoms with Crippen molar-refractivity contribution in [1.29, 1.82) is 0 Å². The number of nitrogens with one attached hydrogen (secondary N) is 1. The molecule has 1 aromatic rings. The van der Waals surface area contributed by atoms with Gasteiger partial charge in [-0.2, -0.15) is 4.98 Å². The molecule has 1 saturated heterocycles. The van der Waals surface area contributed by atoms with Crippen molar-refractivity contribution in [2.75, 3.05) is 52.3 Å². The fourth-order valence-corrected chi connectivity index (χ4v) is 3.16. The minimum atomic E-state index is 0.752. The number of nitrogens with zero attached hydrogens (tertiary/aromatic N) is 3. The van der Waals surface area contributed by atoms with Gasteiger partial charge in [0.15, 0.2) is 5.13 Å². The van der Waals surface area contributed by atoms with E-state index in [-0.39, 0.29) is 0 Å². The van der Waals surface area contributed by atoms with Crippen LogP contribution in [0.4, 0.5) is 5.13 Å². The summed E-state index contributed by atoms with van der Waals surface area (Å²) in [5.41, 5.74) is 0. The molecule has 19 heavy (non-hydrogen) atoms. The maximum Gasteiger partial charge on any atom is 0.230 e. The summed E-state index contributed by atoms with van der Waals surface area (Å²) in [6, 6.07) is 0. The van der Waals surface area contributed by atoms with Crippen LogP contribution in [-0.4, -0.2) is 57.3 Å². The molecule has 2 rings (SSSR count). The van der Waals surface area contributed by atoms with Crippen LogP contribution in [0.25, 0.3) is 0 Å². The third-order valence-electron chi connectivity index (χ3n) is 3.32. The average Bonchev–Trinajstić information content (AvgIpc) is 3.03. The summed E-state index contributed by atoms with van der Waals surface area (Å²) in [4.78, 5) is 10.2. The Morgan fingerprint density at radius 2 is 2.11 bits per heavy atom. The summed E-state index contributed by atoms with van der Waals surface area (Å²) in [5, 5.41) is 4.48. The van der Waals surface area contributed by atoms with E-state index in [1.807, 2.05) is 19.0 Å². The summed E-state index contributed by atoms with van der Waals surface area (Å²) in [6.07, 6.45) is 2.71. The summed E-state index contributed by atoms with van der Waals surface area (Å²) in [7, 11) is 5.69. The van der Waals surface area contributed by atoms with Crippen molar-refractivity contribution in [2.24, 2.45) is 0 Å². The molecule has 6 heteroatoms. The molecule has 0 spiro atoms. The van der Waals surface area contributed by atoms with Gasteiger partial charge in [0, 0.05) is 33.7 Å². The molecule has 2 heterocycles. The number of hydrogen-bond donors (Lipinski definition) is 1. The largest absolute Gasteiger partial charge is 0.480 e. The molecule has 0 bridgehead atoms. The number of rotatable bonds is 7. The first-order chi connectivity index (χ1) is 9.20. The Hall–Kier alpha value is -0.850. The highest BCUT2D eigenvalue weighted by molar-refractivity contribution is 7.15. The Balaban J connectivity index is 1.77. The van der Waals surface area contributed by atoms with Gasteiger partial charge in [-0.15, -0.1) is 0 Å². The monoisotopic (exact) mass is 284 g/mol. The summed E-state index contributed by atoms with van der Waals surface area (Å²) in [6.45, 7) is 5.52. The maximum atomic E-state index is 5.33. The van der Waals surface area contributed by atoms with E-state index in [1.165, 1.54) is 30.8 Å². The fraction of sp³-hybridized carbons (Fsp3) is 0.769. The Kier molecular flexibility index (Phi) is 5.42. The molecule has 1 N–H and O–H groups in total. The molecule has 1 aliphatic rings. The zero-order valence-electron chi connectivity index (χ0n) is 12.1. The standard InChI is InChI=1S/C13H24N4OS/c1-16(2)13-15-12(18-3)11(19-13)10-14-6-9-17-7-4-5-8-17/h14H,4-10H2,1-3H3. The Morgan fingerprint density at radius 1 is 1.37 bits per heavy atom. The van der Waals surface area contributed by atoms with E-state index in [2.05, 4.69) is 15.2 Å². The Morgan fingerprint density at radius 3 is 2.74 bits per heavy atom. The van der Waals surface area contributed by atoms with Crippen LogP contribution in [0.2, 0.25) is 0 Å². The van der Waals surface area contributed by atoms with Gasteiger partial charge in [-0.3, -0.25) is 0 Å². The second-order valence-corrected chi connectivity index (χ2v) is 6.11. The number of thiazole rings is 1. The number of likely N-dealkylation sites (tertiary alicyclic amines) is 1. The summed E-state index contributed by atoms with van der Waals surface area (Å²) >= 11 is 1.69. The number of anilines is 1. The SMILES string of the molecule is COc1nc(N(C)C)sc1CNCCN1CCCC1. The van der Waals surface area contributed by atoms with Crippen molar-refractivity contribution in [3.8, 4) is 5.88 Å². The van der Waals surface area contributed by atoms with Gasteiger partial charge in [0.2, 0.25) is 5.88 Å². The molecular weight excluding hydrogens is 260 g/mol. The van der Waals surface area contributed by atoms with E-state index >= 15 is 0 Å². The van der Waals surface area contributed by atoms with Gasteiger partial charge in [0.1, 0.15) is 0 Å². The van der Waals surface area contributed by atoms with E-state index in [1.54, 1.807) is 18.4 Å². The minimum absolute atomic E-state index is 0.752. The molecule has 0 aliphatic carbocycles. The first-order valence-electron chi connectivity index (χ1n) is 6.85. The molecular formula is C13H24N4OS. The van der Waals surface area contributed by atoms with Crippen LogP contribution in [0.1, 0.15) is 17.7 Å². The molecule has 0 amide bonds. The first-order valence-corrected chi connectivity index (χ1v) is 7.66. The van der Waals surface area contributed by atoms with E-state index < -0.39 is 0 Å². The third kappa shape index (κ3) is 4.06. The Bertz CT molecular complexity index is 388. The van der Waals surface area contributed by atoms with Gasteiger partial charge in [-0.25, -0.2) is 0 Å². The molecule has 1 aliphatic heterocycles. The minimum Gasteiger partial charge on any atom is -0.480 e. The Labute approximate surface area is 119 Å². The molecule has 0 aromatic carbocycles. The molecule has 1 aromatic heterocycles. The van der Waals surface area contributed by atoms with Crippen LogP contribution in [0.15, 0.2) is 0 Å². The average molecular weight is 284 g/mol.